The number of nitrogens with zero attached hydrogens (tertiary/aromatic N) is 5. The molecule has 1 saturated heterocycles. The number of piperazine rings is 1. The minimum Gasteiger partial charge on any atom is -0.496 e. The molecule has 1 aliphatic heterocycles. The number of fused-ring (bicyclic) bond motifs is 1. The van der Waals surface area contributed by atoms with Crippen molar-refractivity contribution in [2.75, 3.05) is 39.8 Å². The molecule has 4 aromatic rings. The highest BCUT2D eigenvalue weighted by atomic mass is 19.4. The van der Waals surface area contributed by atoms with Gasteiger partial charge in [-0.2, -0.15) is 23.4 Å². The fourth-order valence-electron chi connectivity index (χ4n) is 5.91. The molecule has 1 fully saturated rings. The van der Waals surface area contributed by atoms with Gasteiger partial charge in [0.1, 0.15) is 5.75 Å². The van der Waals surface area contributed by atoms with E-state index in [4.69, 9.17) is 4.74 Å². The van der Waals surface area contributed by atoms with Gasteiger partial charge in [-0.25, -0.2) is 0 Å². The summed E-state index contributed by atoms with van der Waals surface area (Å²) in [5.41, 5.74) is 5.51. The molecule has 10 nitrogen and oxygen atoms in total. The first-order chi connectivity index (χ1) is 20.9. The molecule has 1 unspecified atom stereocenters. The Kier molecular flexibility index (Phi) is 8.80. The number of aryl methyl sites for hydroxylation is 2. The zero-order valence-electron chi connectivity index (χ0n) is 25.4. The summed E-state index contributed by atoms with van der Waals surface area (Å²) in [6.45, 7) is 7.96. The number of carbonyl (C=O) groups excluding carboxylic acids is 1. The summed E-state index contributed by atoms with van der Waals surface area (Å²) in [5, 5.41) is 11.4. The molecule has 0 spiro atoms. The van der Waals surface area contributed by atoms with Crippen molar-refractivity contribution in [3.05, 3.63) is 80.7 Å². The molecule has 4 aromatic heterocycles. The van der Waals surface area contributed by atoms with E-state index in [0.29, 0.717) is 41.4 Å². The molecular weight excluding hydrogens is 575 g/mol. The van der Waals surface area contributed by atoms with E-state index in [1.807, 2.05) is 49.6 Å². The molecule has 44 heavy (non-hydrogen) atoms. The number of methoxy groups -OCH3 is 1. The van der Waals surface area contributed by atoms with Gasteiger partial charge in [-0.05, 0) is 63.6 Å². The largest absolute Gasteiger partial charge is 0.496 e. The Balaban J connectivity index is 1.52. The first kappa shape index (κ1) is 31.2. The molecule has 5 rings (SSSR count). The van der Waals surface area contributed by atoms with Gasteiger partial charge < -0.3 is 19.4 Å². The minimum atomic E-state index is -4.24. The lowest BCUT2D eigenvalue weighted by molar-refractivity contribution is -0.149. The Morgan fingerprint density at radius 1 is 1.09 bits per heavy atom. The number of hydrogen-bond donors (Lipinski definition) is 2. The predicted molar refractivity (Wildman–Crippen MR) is 160 cm³/mol. The number of hydrogen-bond acceptors (Lipinski definition) is 7. The number of nitrogens with one attached hydrogen (secondary N) is 2. The van der Waals surface area contributed by atoms with Crippen LogP contribution in [0.1, 0.15) is 51.5 Å². The molecule has 13 heteroatoms. The van der Waals surface area contributed by atoms with Crippen LogP contribution in [0.4, 0.5) is 13.2 Å². The zero-order chi connectivity index (χ0) is 31.8. The predicted octanol–water partition coefficient (Wildman–Crippen LogP) is 4.19. The summed E-state index contributed by atoms with van der Waals surface area (Å²) in [6.07, 6.45) is -2.32. The third-order valence-electron chi connectivity index (χ3n) is 8.20. The highest BCUT2D eigenvalue weighted by molar-refractivity contribution is 5.98. The molecule has 5 heterocycles. The summed E-state index contributed by atoms with van der Waals surface area (Å²) < 4.78 is 46.4. The van der Waals surface area contributed by atoms with E-state index in [1.54, 1.807) is 19.1 Å². The van der Waals surface area contributed by atoms with E-state index in [0.717, 1.165) is 28.0 Å². The van der Waals surface area contributed by atoms with Crippen LogP contribution >= 0.6 is 0 Å². The Bertz CT molecular complexity index is 1720. The number of aromatic nitrogens is 4. The molecule has 0 aromatic carbocycles. The maximum absolute atomic E-state index is 13.8. The van der Waals surface area contributed by atoms with Crippen LogP contribution in [0.15, 0.2) is 41.3 Å². The lowest BCUT2D eigenvalue weighted by atomic mass is 9.99. The number of H-pyrrole nitrogens is 1. The van der Waals surface area contributed by atoms with Gasteiger partial charge in [-0.15, -0.1) is 0 Å². The van der Waals surface area contributed by atoms with Crippen LogP contribution in [-0.2, 0) is 6.54 Å². The summed E-state index contributed by atoms with van der Waals surface area (Å²) in [7, 11) is 1.47. The van der Waals surface area contributed by atoms with Crippen molar-refractivity contribution < 1.29 is 22.7 Å². The SMILES string of the molecule is COc1cc(C)[nH]c(=O)c1CNC(=O)c1cc2c(-c3ccc(C)nn3)ccn2c(C(C)N2CCN(CC(F)(F)F)CC2)c1C. The van der Waals surface area contributed by atoms with E-state index >= 15 is 0 Å². The highest BCUT2D eigenvalue weighted by Crippen LogP contribution is 2.33. The molecule has 0 bridgehead atoms. The van der Waals surface area contributed by atoms with Crippen molar-refractivity contribution in [1.29, 1.82) is 0 Å². The highest BCUT2D eigenvalue weighted by Gasteiger charge is 2.34. The smallest absolute Gasteiger partial charge is 0.401 e. The van der Waals surface area contributed by atoms with Gasteiger partial charge in [0.2, 0.25) is 0 Å². The average Bonchev–Trinajstić information content (AvgIpc) is 3.39. The summed E-state index contributed by atoms with van der Waals surface area (Å²) >= 11 is 0. The number of alkyl halides is 3. The quantitative estimate of drug-likeness (QED) is 0.308. The molecule has 234 valence electrons. The van der Waals surface area contributed by atoms with Crippen molar-refractivity contribution in [3.8, 4) is 17.0 Å². The maximum Gasteiger partial charge on any atom is 0.401 e. The van der Waals surface area contributed by atoms with E-state index in [-0.39, 0.29) is 37.1 Å². The Morgan fingerprint density at radius 2 is 1.82 bits per heavy atom. The number of rotatable bonds is 8. The summed E-state index contributed by atoms with van der Waals surface area (Å²) in [6, 6.07) is 8.94. The Labute approximate surface area is 252 Å². The normalized spacial score (nSPS) is 15.5. The average molecular weight is 612 g/mol. The molecule has 0 aliphatic carbocycles. The van der Waals surface area contributed by atoms with Crippen LogP contribution < -0.4 is 15.6 Å². The minimum absolute atomic E-state index is 0.0500. The second kappa shape index (κ2) is 12.4. The first-order valence-electron chi connectivity index (χ1n) is 14.4. The number of carbonyl (C=O) groups is 1. The fourth-order valence-corrected chi connectivity index (χ4v) is 5.91. The number of halogens is 3. The third-order valence-corrected chi connectivity index (χ3v) is 8.20. The van der Waals surface area contributed by atoms with Crippen molar-refractivity contribution in [3.63, 3.8) is 0 Å². The number of amides is 1. The Hall–Kier alpha value is -4.23. The third kappa shape index (κ3) is 6.48. The molecular formula is C31H36F3N7O3. The van der Waals surface area contributed by atoms with Crippen LogP contribution in [0.5, 0.6) is 5.75 Å². The lowest BCUT2D eigenvalue weighted by Gasteiger charge is -2.39. The van der Waals surface area contributed by atoms with E-state index in [9.17, 15) is 22.8 Å². The molecule has 0 radical (unpaired) electrons. The molecule has 1 aliphatic rings. The zero-order valence-corrected chi connectivity index (χ0v) is 25.4. The molecule has 2 N–H and O–H groups in total. The van der Waals surface area contributed by atoms with Crippen molar-refractivity contribution in [2.24, 2.45) is 0 Å². The van der Waals surface area contributed by atoms with Gasteiger partial charge >= 0.3 is 6.18 Å². The molecule has 1 atom stereocenters. The van der Waals surface area contributed by atoms with Gasteiger partial charge in [-0.3, -0.25) is 19.4 Å². The van der Waals surface area contributed by atoms with Gasteiger partial charge in [0.25, 0.3) is 11.5 Å². The van der Waals surface area contributed by atoms with Crippen LogP contribution in [0.25, 0.3) is 16.8 Å². The summed E-state index contributed by atoms with van der Waals surface area (Å²) in [5.74, 6) is 0.00198. The molecule has 1 amide bonds. The topological polar surface area (TPSA) is 108 Å². The Morgan fingerprint density at radius 3 is 2.45 bits per heavy atom. The van der Waals surface area contributed by atoms with Crippen LogP contribution in [0.3, 0.4) is 0 Å². The summed E-state index contributed by atoms with van der Waals surface area (Å²) in [4.78, 5) is 32.7. The van der Waals surface area contributed by atoms with Gasteiger partial charge in [0.05, 0.1) is 42.7 Å². The van der Waals surface area contributed by atoms with Crippen LogP contribution in [0.2, 0.25) is 0 Å². The second-order valence-corrected chi connectivity index (χ2v) is 11.2. The van der Waals surface area contributed by atoms with Crippen molar-refractivity contribution >= 4 is 11.4 Å². The lowest BCUT2D eigenvalue weighted by Crippen LogP contribution is -2.49. The molecule has 0 saturated carbocycles. The standard InChI is InChI=1S/C31H36F3N7O3/c1-18-6-7-25(38-37-18)22-8-9-41-26(22)15-23(29(42)35-16-24-27(44-5)14-19(2)36-30(24)43)20(3)28(41)21(4)40-12-10-39(11-13-40)17-31(32,33)34/h6-9,14-15,21H,10-13,16-17H2,1-5H3,(H,35,42)(H,36,43). The monoisotopic (exact) mass is 611 g/mol. The number of ether oxygens (including phenoxy) is 1. The number of aromatic amines is 1. The van der Waals surface area contributed by atoms with E-state index < -0.39 is 12.7 Å². The van der Waals surface area contributed by atoms with Crippen molar-refractivity contribution in [2.45, 2.75) is 46.5 Å². The van der Waals surface area contributed by atoms with Gasteiger partial charge in [0.15, 0.2) is 0 Å². The fraction of sp³-hybridized carbons (Fsp3) is 0.419. The van der Waals surface area contributed by atoms with E-state index in [2.05, 4.69) is 25.4 Å². The van der Waals surface area contributed by atoms with E-state index in [1.165, 1.54) is 12.0 Å². The maximum atomic E-state index is 13.8. The van der Waals surface area contributed by atoms with Crippen molar-refractivity contribution in [1.82, 2.24) is 34.7 Å². The van der Waals surface area contributed by atoms with Crippen LogP contribution in [-0.4, -0.2) is 81.3 Å². The number of pyridine rings is 2. The van der Waals surface area contributed by atoms with Gasteiger partial charge in [-0.1, -0.05) is 0 Å². The second-order valence-electron chi connectivity index (χ2n) is 11.2. The first-order valence-corrected chi connectivity index (χ1v) is 14.4. The van der Waals surface area contributed by atoms with Crippen LogP contribution in [0, 0.1) is 20.8 Å². The van der Waals surface area contributed by atoms with Gasteiger partial charge in [0, 0.05) is 60.9 Å².